The summed E-state index contributed by atoms with van der Waals surface area (Å²) >= 11 is 5.78. The second-order valence-electron chi connectivity index (χ2n) is 3.95. The van der Waals surface area contributed by atoms with Gasteiger partial charge in [-0.3, -0.25) is 4.79 Å². The van der Waals surface area contributed by atoms with Crippen LogP contribution in [0, 0.1) is 0 Å². The number of ketones is 1. The molecule has 1 nitrogen and oxygen atoms in total. The highest BCUT2D eigenvalue weighted by atomic mass is 35.5. The Morgan fingerprint density at radius 2 is 1.87 bits per heavy atom. The Bertz CT molecular complexity index is 415. The highest BCUT2D eigenvalue weighted by molar-refractivity contribution is 6.30. The van der Waals surface area contributed by atoms with Crippen LogP contribution in [0.15, 0.2) is 35.4 Å². The summed E-state index contributed by atoms with van der Waals surface area (Å²) in [6.07, 6.45) is 3.10. The van der Waals surface area contributed by atoms with Gasteiger partial charge in [-0.2, -0.15) is 0 Å². The van der Waals surface area contributed by atoms with Crippen molar-refractivity contribution in [2.24, 2.45) is 0 Å². The topological polar surface area (TPSA) is 17.1 Å². The molecule has 0 N–H and O–H groups in total. The molecule has 0 saturated heterocycles. The lowest BCUT2D eigenvalue weighted by Gasteiger charge is -2.03. The van der Waals surface area contributed by atoms with Crippen LogP contribution in [0.4, 0.5) is 0 Å². The van der Waals surface area contributed by atoms with Gasteiger partial charge in [0.25, 0.3) is 0 Å². The first-order valence-corrected chi connectivity index (χ1v) is 5.55. The molecule has 0 heterocycles. The number of rotatable bonds is 2. The van der Waals surface area contributed by atoms with Crippen LogP contribution in [0.1, 0.15) is 36.5 Å². The maximum Gasteiger partial charge on any atom is 0.188 e. The number of carbonyl (C=O) groups excluding carboxylic acids is 1. The van der Waals surface area contributed by atoms with Crippen LogP contribution in [-0.2, 0) is 0 Å². The van der Waals surface area contributed by atoms with E-state index in [0.29, 0.717) is 5.02 Å². The molecule has 0 amide bonds. The molecule has 1 aliphatic carbocycles. The van der Waals surface area contributed by atoms with Gasteiger partial charge in [-0.1, -0.05) is 17.2 Å². The summed E-state index contributed by atoms with van der Waals surface area (Å²) in [5, 5.41) is 0.670. The molecule has 1 aromatic carbocycles. The van der Waals surface area contributed by atoms with Gasteiger partial charge >= 0.3 is 0 Å². The molecule has 0 radical (unpaired) electrons. The lowest BCUT2D eigenvalue weighted by Crippen LogP contribution is -2.02. The highest BCUT2D eigenvalue weighted by Crippen LogP contribution is 2.28. The molecule has 0 bridgehead atoms. The zero-order chi connectivity index (χ0) is 10.8. The fraction of sp³-hybridized carbons (Fsp3) is 0.308. The Kier molecular flexibility index (Phi) is 2.92. The average molecular weight is 221 g/mol. The van der Waals surface area contributed by atoms with E-state index in [0.717, 1.165) is 30.4 Å². The number of allylic oxidation sites excluding steroid dienone is 2. The number of carbonyl (C=O) groups is 1. The molecule has 0 aromatic heterocycles. The summed E-state index contributed by atoms with van der Waals surface area (Å²) in [6.45, 7) is 2.05. The summed E-state index contributed by atoms with van der Waals surface area (Å²) in [5.41, 5.74) is 2.99. The molecule has 0 unspecified atom stereocenters. The molecule has 0 aliphatic heterocycles. The molecule has 1 aliphatic rings. The number of benzene rings is 1. The van der Waals surface area contributed by atoms with Crippen LogP contribution in [0.5, 0.6) is 0 Å². The summed E-state index contributed by atoms with van der Waals surface area (Å²) in [7, 11) is 0. The van der Waals surface area contributed by atoms with Gasteiger partial charge in [-0.25, -0.2) is 0 Å². The Morgan fingerprint density at radius 1 is 1.20 bits per heavy atom. The lowest BCUT2D eigenvalue weighted by atomic mass is 10.0. The third-order valence-electron chi connectivity index (χ3n) is 2.87. The zero-order valence-corrected chi connectivity index (χ0v) is 9.47. The number of hydrogen-bond donors (Lipinski definition) is 0. The maximum absolute atomic E-state index is 12.1. The molecular formula is C13H13ClO. The minimum Gasteiger partial charge on any atom is -0.289 e. The standard InChI is InChI=1S/C13H13ClO/c1-9-3-2-4-12(9)13(15)10-5-7-11(14)8-6-10/h5-8H,2-4H2,1H3. The molecule has 0 fully saturated rings. The Hall–Kier alpha value is -1.08. The average Bonchev–Trinajstić information content (AvgIpc) is 2.65. The minimum absolute atomic E-state index is 0.168. The van der Waals surface area contributed by atoms with Gasteiger partial charge in [-0.05, 0) is 56.0 Å². The summed E-state index contributed by atoms with van der Waals surface area (Å²) < 4.78 is 0. The third kappa shape index (κ3) is 2.13. The van der Waals surface area contributed by atoms with Crippen molar-refractivity contribution in [3.05, 3.63) is 46.0 Å². The smallest absolute Gasteiger partial charge is 0.188 e. The molecule has 0 spiro atoms. The first-order valence-electron chi connectivity index (χ1n) is 5.17. The highest BCUT2D eigenvalue weighted by Gasteiger charge is 2.18. The normalized spacial score (nSPS) is 15.9. The van der Waals surface area contributed by atoms with Crippen molar-refractivity contribution in [1.82, 2.24) is 0 Å². The molecule has 78 valence electrons. The van der Waals surface area contributed by atoms with Crippen LogP contribution >= 0.6 is 11.6 Å². The van der Waals surface area contributed by atoms with Gasteiger partial charge < -0.3 is 0 Å². The van der Waals surface area contributed by atoms with E-state index in [2.05, 4.69) is 6.92 Å². The van der Waals surface area contributed by atoms with Gasteiger partial charge in [0.15, 0.2) is 5.78 Å². The fourth-order valence-electron chi connectivity index (χ4n) is 1.98. The quantitative estimate of drug-likeness (QED) is 0.688. The first kappa shape index (κ1) is 10.4. The van der Waals surface area contributed by atoms with Crippen LogP contribution in [0.3, 0.4) is 0 Å². The first-order chi connectivity index (χ1) is 7.18. The molecule has 1 aromatic rings. The van der Waals surface area contributed by atoms with E-state index in [1.807, 2.05) is 0 Å². The van der Waals surface area contributed by atoms with Crippen molar-refractivity contribution in [1.29, 1.82) is 0 Å². The van der Waals surface area contributed by atoms with Crippen molar-refractivity contribution in [3.8, 4) is 0 Å². The molecule has 0 saturated carbocycles. The van der Waals surface area contributed by atoms with E-state index in [1.165, 1.54) is 5.57 Å². The van der Waals surface area contributed by atoms with Crippen molar-refractivity contribution < 1.29 is 4.79 Å². The van der Waals surface area contributed by atoms with E-state index >= 15 is 0 Å². The van der Waals surface area contributed by atoms with Gasteiger partial charge in [0.1, 0.15) is 0 Å². The van der Waals surface area contributed by atoms with Crippen molar-refractivity contribution in [2.75, 3.05) is 0 Å². The van der Waals surface area contributed by atoms with Gasteiger partial charge in [-0.15, -0.1) is 0 Å². The van der Waals surface area contributed by atoms with Gasteiger partial charge in [0.05, 0.1) is 0 Å². The number of hydrogen-bond acceptors (Lipinski definition) is 1. The molecule has 2 heteroatoms. The molecular weight excluding hydrogens is 208 g/mol. The third-order valence-corrected chi connectivity index (χ3v) is 3.13. The van der Waals surface area contributed by atoms with Crippen LogP contribution in [0.25, 0.3) is 0 Å². The second-order valence-corrected chi connectivity index (χ2v) is 4.38. The predicted octanol–water partition coefficient (Wildman–Crippen LogP) is 4.02. The Morgan fingerprint density at radius 3 is 2.40 bits per heavy atom. The monoisotopic (exact) mass is 220 g/mol. The summed E-state index contributed by atoms with van der Waals surface area (Å²) in [5.74, 6) is 0.168. The van der Waals surface area contributed by atoms with Crippen LogP contribution < -0.4 is 0 Å². The summed E-state index contributed by atoms with van der Waals surface area (Å²) in [6, 6.07) is 7.12. The predicted molar refractivity (Wildman–Crippen MR) is 62.3 cm³/mol. The molecule has 15 heavy (non-hydrogen) atoms. The minimum atomic E-state index is 0.168. The van der Waals surface area contributed by atoms with E-state index in [-0.39, 0.29) is 5.78 Å². The van der Waals surface area contributed by atoms with E-state index in [4.69, 9.17) is 11.6 Å². The maximum atomic E-state index is 12.1. The van der Waals surface area contributed by atoms with Crippen LogP contribution in [-0.4, -0.2) is 5.78 Å². The fourth-order valence-corrected chi connectivity index (χ4v) is 2.10. The van der Waals surface area contributed by atoms with E-state index in [9.17, 15) is 4.79 Å². The van der Waals surface area contributed by atoms with E-state index < -0.39 is 0 Å². The summed E-state index contributed by atoms with van der Waals surface area (Å²) in [4.78, 5) is 12.1. The number of Topliss-reactive ketones (excluding diaryl/α,β-unsaturated/α-hetero) is 1. The second kappa shape index (κ2) is 4.19. The van der Waals surface area contributed by atoms with Crippen molar-refractivity contribution in [3.63, 3.8) is 0 Å². The Labute approximate surface area is 94.8 Å². The van der Waals surface area contributed by atoms with Gasteiger partial charge in [0, 0.05) is 10.6 Å². The van der Waals surface area contributed by atoms with Gasteiger partial charge in [0.2, 0.25) is 0 Å². The number of halogens is 1. The Balaban J connectivity index is 2.28. The van der Waals surface area contributed by atoms with E-state index in [1.54, 1.807) is 24.3 Å². The lowest BCUT2D eigenvalue weighted by molar-refractivity contribution is 0.103. The van der Waals surface area contributed by atoms with Crippen molar-refractivity contribution >= 4 is 17.4 Å². The molecule has 0 atom stereocenters. The zero-order valence-electron chi connectivity index (χ0n) is 8.72. The molecule has 2 rings (SSSR count). The SMILES string of the molecule is CC1=C(C(=O)c2ccc(Cl)cc2)CCC1. The largest absolute Gasteiger partial charge is 0.289 e. The van der Waals surface area contributed by atoms with Crippen molar-refractivity contribution in [2.45, 2.75) is 26.2 Å². The van der Waals surface area contributed by atoms with Crippen LogP contribution in [0.2, 0.25) is 5.02 Å².